The first-order valence-electron chi connectivity index (χ1n) is 14.4. The lowest BCUT2D eigenvalue weighted by Gasteiger charge is -2.62. The van der Waals surface area contributed by atoms with E-state index >= 15 is 0 Å². The SMILES string of the molecule is CCC(NC(=O)C[C@@H](C)C1CC[C@H]2[C@@H]3C[C@H](O)[C@@H]4C[C@H](O)CC[C@]4(C)[C@H]3CC[C@]12C)c1cccs1. The van der Waals surface area contributed by atoms with Gasteiger partial charge in [-0.25, -0.2) is 0 Å². The minimum absolute atomic E-state index is 0.128. The number of thiophene rings is 1. The van der Waals surface area contributed by atoms with Gasteiger partial charge in [-0.05, 0) is 116 Å². The molecule has 0 spiro atoms. The number of amides is 1. The fourth-order valence-corrected chi connectivity index (χ4v) is 10.7. The Labute approximate surface area is 216 Å². The first kappa shape index (κ1) is 25.7. The van der Waals surface area contributed by atoms with E-state index < -0.39 is 0 Å². The van der Waals surface area contributed by atoms with Crippen molar-refractivity contribution in [3.05, 3.63) is 22.4 Å². The fraction of sp³-hybridized carbons (Fsp3) is 0.833. The summed E-state index contributed by atoms with van der Waals surface area (Å²) < 4.78 is 0. The van der Waals surface area contributed by atoms with Gasteiger partial charge >= 0.3 is 0 Å². The van der Waals surface area contributed by atoms with Gasteiger partial charge in [-0.3, -0.25) is 4.79 Å². The molecule has 1 heterocycles. The minimum atomic E-state index is -0.274. The highest BCUT2D eigenvalue weighted by molar-refractivity contribution is 7.10. The van der Waals surface area contributed by atoms with Crippen molar-refractivity contribution in [2.24, 2.45) is 46.3 Å². The van der Waals surface area contributed by atoms with Crippen LogP contribution in [0.4, 0.5) is 0 Å². The molecular formula is C30H47NO3S. The smallest absolute Gasteiger partial charge is 0.220 e. The van der Waals surface area contributed by atoms with Gasteiger partial charge in [-0.15, -0.1) is 11.3 Å². The molecule has 0 aliphatic heterocycles. The van der Waals surface area contributed by atoms with Gasteiger partial charge < -0.3 is 15.5 Å². The van der Waals surface area contributed by atoms with Gasteiger partial charge in [0, 0.05) is 11.3 Å². The lowest BCUT2D eigenvalue weighted by Crippen LogP contribution is -2.58. The number of hydrogen-bond donors (Lipinski definition) is 3. The topological polar surface area (TPSA) is 69.6 Å². The lowest BCUT2D eigenvalue weighted by atomic mass is 9.44. The molecule has 1 aromatic heterocycles. The second kappa shape index (κ2) is 9.76. The first-order valence-corrected chi connectivity index (χ1v) is 15.2. The molecule has 1 aromatic rings. The van der Waals surface area contributed by atoms with Gasteiger partial charge in [0.2, 0.25) is 5.91 Å². The maximum atomic E-state index is 13.1. The average molecular weight is 502 g/mol. The number of aliphatic hydroxyl groups excluding tert-OH is 2. The Morgan fingerprint density at radius 2 is 1.83 bits per heavy atom. The fourth-order valence-electron chi connectivity index (χ4n) is 9.81. The van der Waals surface area contributed by atoms with Gasteiger partial charge in [0.1, 0.15) is 0 Å². The van der Waals surface area contributed by atoms with E-state index in [0.717, 1.165) is 32.1 Å². The minimum Gasteiger partial charge on any atom is -0.393 e. The molecule has 0 bridgehead atoms. The highest BCUT2D eigenvalue weighted by Gasteiger charge is 2.62. The summed E-state index contributed by atoms with van der Waals surface area (Å²) in [5.74, 6) is 3.34. The third kappa shape index (κ3) is 4.42. The second-order valence-corrected chi connectivity index (χ2v) is 14.2. The summed E-state index contributed by atoms with van der Waals surface area (Å²) >= 11 is 1.73. The number of carbonyl (C=O) groups is 1. The molecule has 196 valence electrons. The van der Waals surface area contributed by atoms with Crippen LogP contribution in [-0.4, -0.2) is 28.3 Å². The highest BCUT2D eigenvalue weighted by Crippen LogP contribution is 2.68. The summed E-state index contributed by atoms with van der Waals surface area (Å²) in [5, 5.41) is 27.0. The van der Waals surface area contributed by atoms with Crippen LogP contribution in [0.3, 0.4) is 0 Å². The molecule has 35 heavy (non-hydrogen) atoms. The van der Waals surface area contributed by atoms with Gasteiger partial charge in [-0.2, -0.15) is 0 Å². The van der Waals surface area contributed by atoms with E-state index in [9.17, 15) is 15.0 Å². The molecule has 11 atom stereocenters. The number of rotatable bonds is 6. The Bertz CT molecular complexity index is 888. The first-order chi connectivity index (χ1) is 16.7. The van der Waals surface area contributed by atoms with E-state index in [1.54, 1.807) is 11.3 Å². The molecule has 4 aliphatic carbocycles. The molecule has 0 radical (unpaired) electrons. The van der Waals surface area contributed by atoms with Crippen molar-refractivity contribution < 1.29 is 15.0 Å². The number of hydrogen-bond acceptors (Lipinski definition) is 4. The molecule has 1 amide bonds. The van der Waals surface area contributed by atoms with Crippen LogP contribution < -0.4 is 5.32 Å². The maximum Gasteiger partial charge on any atom is 0.220 e. The standard InChI is InChI=1S/C30H47NO3S/c1-5-25(27-7-6-14-35-27)31-28(34)15-18(2)21-8-9-22-20-17-26(33)24-16-19(32)10-12-30(24,4)23(20)11-13-29(21,22)3/h6-7,14,18-26,32-33H,5,8-13,15-17H2,1-4H3,(H,31,34)/t18-,19-,20+,21?,22+,23+,24+,25?,26+,29-,30-/m1/s1. The largest absolute Gasteiger partial charge is 0.393 e. The monoisotopic (exact) mass is 501 g/mol. The normalized spacial score (nSPS) is 44.6. The van der Waals surface area contributed by atoms with Gasteiger partial charge in [0.15, 0.2) is 0 Å². The zero-order chi connectivity index (χ0) is 25.0. The Hall–Kier alpha value is -0.910. The quantitative estimate of drug-likeness (QED) is 0.426. The molecule has 5 heteroatoms. The Morgan fingerprint density at radius 1 is 1.09 bits per heavy atom. The molecule has 5 rings (SSSR count). The van der Waals surface area contributed by atoms with Gasteiger partial charge in [0.05, 0.1) is 18.2 Å². The van der Waals surface area contributed by atoms with E-state index in [0.29, 0.717) is 36.0 Å². The highest BCUT2D eigenvalue weighted by atomic mass is 32.1. The van der Waals surface area contributed by atoms with Gasteiger partial charge in [-0.1, -0.05) is 33.8 Å². The average Bonchev–Trinajstić information content (AvgIpc) is 3.46. The van der Waals surface area contributed by atoms with Crippen molar-refractivity contribution in [3.63, 3.8) is 0 Å². The Morgan fingerprint density at radius 3 is 2.54 bits per heavy atom. The van der Waals surface area contributed by atoms with Crippen LogP contribution in [0.15, 0.2) is 17.5 Å². The molecule has 3 N–H and O–H groups in total. The lowest BCUT2D eigenvalue weighted by molar-refractivity contribution is -0.172. The number of fused-ring (bicyclic) bond motifs is 5. The van der Waals surface area contributed by atoms with Crippen molar-refractivity contribution in [2.45, 2.75) is 110 Å². The molecule has 4 fully saturated rings. The van der Waals surface area contributed by atoms with E-state index in [1.807, 2.05) is 0 Å². The summed E-state index contributed by atoms with van der Waals surface area (Å²) in [6, 6.07) is 4.32. The molecule has 0 saturated heterocycles. The summed E-state index contributed by atoms with van der Waals surface area (Å²) in [4.78, 5) is 14.3. The van der Waals surface area contributed by atoms with Crippen molar-refractivity contribution in [1.82, 2.24) is 5.32 Å². The zero-order valence-electron chi connectivity index (χ0n) is 22.2. The molecule has 4 nitrogen and oxygen atoms in total. The summed E-state index contributed by atoms with van der Waals surface area (Å²) in [6.07, 6.45) is 9.64. The van der Waals surface area contributed by atoms with Crippen LogP contribution in [0.25, 0.3) is 0 Å². The van der Waals surface area contributed by atoms with Crippen molar-refractivity contribution in [2.75, 3.05) is 0 Å². The summed E-state index contributed by atoms with van der Waals surface area (Å²) in [5.41, 5.74) is 0.444. The van der Waals surface area contributed by atoms with E-state index in [-0.39, 0.29) is 40.9 Å². The van der Waals surface area contributed by atoms with Crippen LogP contribution in [0.1, 0.15) is 103 Å². The van der Waals surface area contributed by atoms with Crippen LogP contribution >= 0.6 is 11.3 Å². The van der Waals surface area contributed by atoms with Crippen molar-refractivity contribution >= 4 is 17.2 Å². The summed E-state index contributed by atoms with van der Waals surface area (Å²) in [6.45, 7) is 9.41. The molecular weight excluding hydrogens is 454 g/mol. The summed E-state index contributed by atoms with van der Waals surface area (Å²) in [7, 11) is 0. The second-order valence-electron chi connectivity index (χ2n) is 13.2. The number of carbonyl (C=O) groups excluding carboxylic acids is 1. The van der Waals surface area contributed by atoms with E-state index in [2.05, 4.69) is 50.5 Å². The van der Waals surface area contributed by atoms with Gasteiger partial charge in [0.25, 0.3) is 0 Å². The zero-order valence-corrected chi connectivity index (χ0v) is 23.0. The van der Waals surface area contributed by atoms with Crippen LogP contribution in [0.2, 0.25) is 0 Å². The molecule has 2 unspecified atom stereocenters. The van der Waals surface area contributed by atoms with Crippen LogP contribution in [-0.2, 0) is 4.79 Å². The molecule has 4 saturated carbocycles. The third-order valence-electron chi connectivity index (χ3n) is 11.5. The van der Waals surface area contributed by atoms with E-state index in [4.69, 9.17) is 0 Å². The van der Waals surface area contributed by atoms with Crippen molar-refractivity contribution in [1.29, 1.82) is 0 Å². The Balaban J connectivity index is 1.27. The van der Waals surface area contributed by atoms with E-state index in [1.165, 1.54) is 30.6 Å². The molecule has 4 aliphatic rings. The van der Waals surface area contributed by atoms with Crippen LogP contribution in [0.5, 0.6) is 0 Å². The maximum absolute atomic E-state index is 13.1. The van der Waals surface area contributed by atoms with Crippen LogP contribution in [0, 0.1) is 46.3 Å². The number of aliphatic hydroxyl groups is 2. The third-order valence-corrected chi connectivity index (χ3v) is 12.5. The van der Waals surface area contributed by atoms with Crippen molar-refractivity contribution in [3.8, 4) is 0 Å². The Kier molecular flexibility index (Phi) is 7.17. The predicted octanol–water partition coefficient (Wildman–Crippen LogP) is 6.33. The predicted molar refractivity (Wildman–Crippen MR) is 142 cm³/mol. The molecule has 0 aromatic carbocycles. The number of nitrogens with one attached hydrogen (secondary N) is 1.